The molecule has 0 spiro atoms. The van der Waals surface area contributed by atoms with Crippen LogP contribution in [0.5, 0.6) is 0 Å². The average molecular weight is 490 g/mol. The Morgan fingerprint density at radius 1 is 1.15 bits per heavy atom. The van der Waals surface area contributed by atoms with Gasteiger partial charge in [0.2, 0.25) is 5.91 Å². The van der Waals surface area contributed by atoms with Crippen molar-refractivity contribution in [1.29, 1.82) is 0 Å². The van der Waals surface area contributed by atoms with E-state index >= 15 is 0 Å². The van der Waals surface area contributed by atoms with Gasteiger partial charge in [0.15, 0.2) is 9.84 Å². The van der Waals surface area contributed by atoms with E-state index < -0.39 is 15.1 Å². The van der Waals surface area contributed by atoms with Crippen LogP contribution in [0.15, 0.2) is 47.4 Å². The van der Waals surface area contributed by atoms with Gasteiger partial charge in [-0.05, 0) is 79.0 Å². The number of fused-ring (bicyclic) bond motifs is 1. The normalized spacial score (nSPS) is 22.4. The Bertz CT molecular complexity index is 1110. The van der Waals surface area contributed by atoms with Crippen molar-refractivity contribution < 1.29 is 18.3 Å². The summed E-state index contributed by atoms with van der Waals surface area (Å²) in [5.41, 5.74) is 2.21. The summed E-state index contributed by atoms with van der Waals surface area (Å²) in [4.78, 5) is 13.1. The Labute approximate surface area is 201 Å². The first kappa shape index (κ1) is 24.2. The van der Waals surface area contributed by atoms with Crippen LogP contribution in [-0.2, 0) is 21.1 Å². The second kappa shape index (κ2) is 10.2. The molecule has 2 aromatic rings. The molecule has 2 N–H and O–H groups in total. The molecule has 2 aromatic carbocycles. The maximum absolute atomic E-state index is 13.6. The largest absolute Gasteiger partial charge is 0.396 e. The van der Waals surface area contributed by atoms with Gasteiger partial charge in [-0.15, -0.1) is 0 Å². The predicted octanol–water partition coefficient (Wildman–Crippen LogP) is 5.56. The summed E-state index contributed by atoms with van der Waals surface area (Å²) in [5.74, 6) is 0.173. The fourth-order valence-electron chi connectivity index (χ4n) is 5.33. The maximum Gasteiger partial charge on any atom is 0.227 e. The van der Waals surface area contributed by atoms with E-state index in [4.69, 9.17) is 11.6 Å². The molecular weight excluding hydrogens is 458 g/mol. The number of rotatable bonds is 6. The highest BCUT2D eigenvalue weighted by atomic mass is 35.5. The van der Waals surface area contributed by atoms with Gasteiger partial charge in [0.1, 0.15) is 0 Å². The van der Waals surface area contributed by atoms with Crippen LogP contribution in [0.4, 0.5) is 5.69 Å². The molecular formula is C26H32ClNO4S. The zero-order valence-electron chi connectivity index (χ0n) is 19.0. The van der Waals surface area contributed by atoms with Gasteiger partial charge in [-0.25, -0.2) is 8.42 Å². The summed E-state index contributed by atoms with van der Waals surface area (Å²) < 4.78 is 27.2. The minimum atomic E-state index is -3.73. The second-order valence-electron chi connectivity index (χ2n) is 9.57. The summed E-state index contributed by atoms with van der Waals surface area (Å²) in [6.45, 7) is 1.92. The zero-order chi connectivity index (χ0) is 23.6. The first-order valence-electron chi connectivity index (χ1n) is 11.8. The van der Waals surface area contributed by atoms with Gasteiger partial charge < -0.3 is 10.4 Å². The fourth-order valence-corrected chi connectivity index (χ4v) is 7.55. The molecule has 0 heterocycles. The van der Waals surface area contributed by atoms with Crippen molar-refractivity contribution in [3.05, 3.63) is 58.6 Å². The number of nitrogens with one attached hydrogen (secondary N) is 1. The average Bonchev–Trinajstić information content (AvgIpc) is 2.83. The van der Waals surface area contributed by atoms with Crippen molar-refractivity contribution in [1.82, 2.24) is 0 Å². The highest BCUT2D eigenvalue weighted by Crippen LogP contribution is 2.42. The lowest BCUT2D eigenvalue weighted by Crippen LogP contribution is -2.29. The SMILES string of the molecule is C[C@H](C(=O)Nc1ccc2c(c1)C(S(=O)(=O)c1cccc(Cl)c1)C[C@H](CO)C2)C1CCCCC1. The summed E-state index contributed by atoms with van der Waals surface area (Å²) in [5, 5.41) is 12.4. The molecule has 0 aromatic heterocycles. The van der Waals surface area contributed by atoms with Gasteiger partial charge in [0, 0.05) is 23.2 Å². The second-order valence-corrected chi connectivity index (χ2v) is 12.1. The number of aliphatic hydroxyl groups is 1. The van der Waals surface area contributed by atoms with Gasteiger partial charge in [-0.1, -0.05) is 49.9 Å². The van der Waals surface area contributed by atoms with Crippen LogP contribution in [0, 0.1) is 17.8 Å². The van der Waals surface area contributed by atoms with E-state index in [1.54, 1.807) is 24.3 Å². The van der Waals surface area contributed by atoms with Crippen LogP contribution in [0.2, 0.25) is 5.02 Å². The van der Waals surface area contributed by atoms with Gasteiger partial charge in [-0.2, -0.15) is 0 Å². The number of hydrogen-bond donors (Lipinski definition) is 2. The number of hydrogen-bond acceptors (Lipinski definition) is 4. The van der Waals surface area contributed by atoms with Crippen molar-refractivity contribution in [3.63, 3.8) is 0 Å². The molecule has 33 heavy (non-hydrogen) atoms. The van der Waals surface area contributed by atoms with E-state index in [1.165, 1.54) is 25.3 Å². The first-order valence-corrected chi connectivity index (χ1v) is 13.8. The summed E-state index contributed by atoms with van der Waals surface area (Å²) >= 11 is 6.07. The molecule has 178 valence electrons. The van der Waals surface area contributed by atoms with Crippen molar-refractivity contribution >= 4 is 33.0 Å². The lowest BCUT2D eigenvalue weighted by molar-refractivity contribution is -0.121. The molecule has 1 saturated carbocycles. The van der Waals surface area contributed by atoms with Crippen molar-refractivity contribution in [2.24, 2.45) is 17.8 Å². The number of benzene rings is 2. The third-order valence-electron chi connectivity index (χ3n) is 7.34. The quantitative estimate of drug-likeness (QED) is 0.556. The van der Waals surface area contributed by atoms with Crippen LogP contribution in [0.1, 0.15) is 61.8 Å². The molecule has 5 nitrogen and oxygen atoms in total. The van der Waals surface area contributed by atoms with Gasteiger partial charge in [0.05, 0.1) is 10.1 Å². The van der Waals surface area contributed by atoms with E-state index in [0.717, 1.165) is 18.4 Å². The molecule has 7 heteroatoms. The predicted molar refractivity (Wildman–Crippen MR) is 131 cm³/mol. The third kappa shape index (κ3) is 5.28. The van der Waals surface area contributed by atoms with Gasteiger partial charge in [0.25, 0.3) is 0 Å². The fraction of sp³-hybridized carbons (Fsp3) is 0.500. The standard InChI is InChI=1S/C26H32ClNO4S/c1-17(19-6-3-2-4-7-19)26(30)28-22-11-10-20-12-18(16-29)13-25(24(20)15-22)33(31,32)23-9-5-8-21(27)14-23/h5,8-11,14-15,17-19,25,29H,2-4,6-7,12-13,16H2,1H3,(H,28,30)/t17-,18+,25?/m0/s1. The van der Waals surface area contributed by atoms with Crippen molar-refractivity contribution in [2.75, 3.05) is 11.9 Å². The molecule has 0 aliphatic heterocycles. The van der Waals surface area contributed by atoms with Crippen LogP contribution in [-0.4, -0.2) is 26.0 Å². The monoisotopic (exact) mass is 489 g/mol. The highest BCUT2D eigenvalue weighted by Gasteiger charge is 2.37. The van der Waals surface area contributed by atoms with Crippen LogP contribution < -0.4 is 5.32 Å². The molecule has 0 saturated heterocycles. The number of amides is 1. The first-order chi connectivity index (χ1) is 15.8. The Balaban J connectivity index is 1.63. The zero-order valence-corrected chi connectivity index (χ0v) is 20.5. The van der Waals surface area contributed by atoms with Gasteiger partial charge >= 0.3 is 0 Å². The van der Waals surface area contributed by atoms with Crippen LogP contribution in [0.25, 0.3) is 0 Å². The van der Waals surface area contributed by atoms with Crippen molar-refractivity contribution in [2.45, 2.75) is 62.0 Å². The minimum absolute atomic E-state index is 0.0138. The van der Waals surface area contributed by atoms with E-state index in [1.807, 2.05) is 19.1 Å². The molecule has 0 bridgehead atoms. The minimum Gasteiger partial charge on any atom is -0.396 e. The van der Waals surface area contributed by atoms with E-state index in [0.29, 0.717) is 35.0 Å². The Hall–Kier alpha value is -1.89. The summed E-state index contributed by atoms with van der Waals surface area (Å²) in [7, 11) is -3.73. The van der Waals surface area contributed by atoms with Crippen LogP contribution >= 0.6 is 11.6 Å². The smallest absolute Gasteiger partial charge is 0.227 e. The molecule has 1 fully saturated rings. The topological polar surface area (TPSA) is 83.5 Å². The Morgan fingerprint density at radius 2 is 1.91 bits per heavy atom. The number of carbonyl (C=O) groups is 1. The lowest BCUT2D eigenvalue weighted by Gasteiger charge is -2.31. The molecule has 1 unspecified atom stereocenters. The van der Waals surface area contributed by atoms with E-state index in [9.17, 15) is 18.3 Å². The van der Waals surface area contributed by atoms with Gasteiger partial charge in [-0.3, -0.25) is 4.79 Å². The molecule has 1 amide bonds. The number of halogens is 1. The summed E-state index contributed by atoms with van der Waals surface area (Å²) in [6, 6.07) is 11.8. The third-order valence-corrected chi connectivity index (χ3v) is 9.69. The number of anilines is 1. The van der Waals surface area contributed by atoms with Crippen LogP contribution in [0.3, 0.4) is 0 Å². The Kier molecular flexibility index (Phi) is 7.46. The molecule has 2 aliphatic carbocycles. The number of aliphatic hydroxyl groups excluding tert-OH is 1. The highest BCUT2D eigenvalue weighted by molar-refractivity contribution is 7.91. The van der Waals surface area contributed by atoms with E-state index in [2.05, 4.69) is 5.32 Å². The molecule has 4 rings (SSSR count). The number of carbonyl (C=O) groups excluding carboxylic acids is 1. The molecule has 0 radical (unpaired) electrons. The lowest BCUT2D eigenvalue weighted by atomic mass is 9.80. The molecule has 3 atom stereocenters. The number of sulfone groups is 1. The van der Waals surface area contributed by atoms with Crippen molar-refractivity contribution in [3.8, 4) is 0 Å². The van der Waals surface area contributed by atoms with E-state index in [-0.39, 0.29) is 29.2 Å². The summed E-state index contributed by atoms with van der Waals surface area (Å²) in [6.07, 6.45) is 6.70. The molecule has 2 aliphatic rings. The Morgan fingerprint density at radius 3 is 2.61 bits per heavy atom. The maximum atomic E-state index is 13.6.